The molecule has 8 heteroatoms. The fraction of sp³-hybridized carbons (Fsp3) is 0.100. The molecule has 3 aromatic rings. The molecular weight excluding hydrogens is 388 g/mol. The zero-order valence-electron chi connectivity index (χ0n) is 14.6. The summed E-state index contributed by atoms with van der Waals surface area (Å²) in [4.78, 5) is -0.0458. The van der Waals surface area contributed by atoms with Gasteiger partial charge in [0.15, 0.2) is 0 Å². The molecule has 0 aliphatic carbocycles. The molecule has 0 aromatic heterocycles. The van der Waals surface area contributed by atoms with Gasteiger partial charge < -0.3 is 10.2 Å². The van der Waals surface area contributed by atoms with Crippen LogP contribution < -0.4 is 4.72 Å². The largest absolute Gasteiger partial charge is 0.392 e. The molecule has 0 saturated heterocycles. The van der Waals surface area contributed by atoms with Gasteiger partial charge in [-0.1, -0.05) is 18.2 Å². The molecule has 0 radical (unpaired) electrons. The fourth-order valence-electron chi connectivity index (χ4n) is 2.74. The van der Waals surface area contributed by atoms with Gasteiger partial charge in [-0.2, -0.15) is 0 Å². The SMILES string of the molecule is O=S(=O)(Nc1ccc(CO)c(CO)c1)c1ccc(-c2ccc(F)cc2F)cc1. The highest BCUT2D eigenvalue weighted by Crippen LogP contribution is 2.26. The second-order valence-electron chi connectivity index (χ2n) is 6.05. The zero-order chi connectivity index (χ0) is 20.3. The highest BCUT2D eigenvalue weighted by Gasteiger charge is 2.16. The van der Waals surface area contributed by atoms with E-state index >= 15 is 0 Å². The number of rotatable bonds is 6. The van der Waals surface area contributed by atoms with Crippen molar-refractivity contribution in [2.45, 2.75) is 18.1 Å². The van der Waals surface area contributed by atoms with Crippen LogP contribution in [0.5, 0.6) is 0 Å². The van der Waals surface area contributed by atoms with Crippen molar-refractivity contribution in [2.24, 2.45) is 0 Å². The van der Waals surface area contributed by atoms with Crippen molar-refractivity contribution < 1.29 is 27.4 Å². The molecule has 5 nitrogen and oxygen atoms in total. The Bertz CT molecular complexity index is 1100. The van der Waals surface area contributed by atoms with E-state index in [9.17, 15) is 27.4 Å². The Morgan fingerprint density at radius 2 is 1.50 bits per heavy atom. The lowest BCUT2D eigenvalue weighted by molar-refractivity contribution is 0.260. The van der Waals surface area contributed by atoms with E-state index in [2.05, 4.69) is 4.72 Å². The molecule has 0 heterocycles. The smallest absolute Gasteiger partial charge is 0.261 e. The van der Waals surface area contributed by atoms with Gasteiger partial charge in [-0.05, 0) is 53.1 Å². The Balaban J connectivity index is 1.86. The van der Waals surface area contributed by atoms with Crippen LogP contribution in [-0.2, 0) is 23.2 Å². The third-order valence-electron chi connectivity index (χ3n) is 4.21. The predicted octanol–water partition coefficient (Wildman–Crippen LogP) is 3.42. The summed E-state index contributed by atoms with van der Waals surface area (Å²) < 4.78 is 54.4. The molecule has 0 amide bonds. The van der Waals surface area contributed by atoms with Crippen molar-refractivity contribution in [3.63, 3.8) is 0 Å². The summed E-state index contributed by atoms with van der Waals surface area (Å²) in [6.45, 7) is -0.617. The molecule has 0 saturated carbocycles. The maximum Gasteiger partial charge on any atom is 0.261 e. The number of nitrogens with one attached hydrogen (secondary N) is 1. The average Bonchev–Trinajstić information content (AvgIpc) is 2.67. The molecule has 0 spiro atoms. The first kappa shape index (κ1) is 19.9. The van der Waals surface area contributed by atoms with Gasteiger partial charge in [-0.25, -0.2) is 17.2 Å². The lowest BCUT2D eigenvalue weighted by Gasteiger charge is -2.12. The summed E-state index contributed by atoms with van der Waals surface area (Å²) in [5.74, 6) is -1.44. The third-order valence-corrected chi connectivity index (χ3v) is 5.60. The molecule has 0 unspecified atom stereocenters. The first-order valence-corrected chi connectivity index (χ1v) is 9.74. The number of halogens is 2. The number of benzene rings is 3. The number of aliphatic hydroxyl groups is 2. The molecule has 3 rings (SSSR count). The topological polar surface area (TPSA) is 86.6 Å². The van der Waals surface area contributed by atoms with Gasteiger partial charge in [0.1, 0.15) is 11.6 Å². The molecule has 3 N–H and O–H groups in total. The van der Waals surface area contributed by atoms with Gasteiger partial charge in [0, 0.05) is 17.3 Å². The average molecular weight is 405 g/mol. The Morgan fingerprint density at radius 1 is 0.821 bits per heavy atom. The fourth-order valence-corrected chi connectivity index (χ4v) is 3.79. The summed E-state index contributed by atoms with van der Waals surface area (Å²) in [6, 6.07) is 13.1. The molecule has 0 atom stereocenters. The summed E-state index contributed by atoms with van der Waals surface area (Å²) >= 11 is 0. The quantitative estimate of drug-likeness (QED) is 0.587. The van der Waals surface area contributed by atoms with Crippen molar-refractivity contribution in [2.75, 3.05) is 4.72 Å². The lowest BCUT2D eigenvalue weighted by atomic mass is 10.1. The maximum atomic E-state index is 13.9. The number of aliphatic hydroxyl groups excluding tert-OH is 2. The standard InChI is InChI=1S/C20H17F2NO4S/c21-16-4-8-19(20(22)10-16)13-2-6-18(7-3-13)28(26,27)23-17-5-1-14(11-24)15(9-17)12-25/h1-10,23-25H,11-12H2. The van der Waals surface area contributed by atoms with E-state index in [1.165, 1.54) is 48.5 Å². The second kappa shape index (κ2) is 8.05. The molecule has 146 valence electrons. The molecule has 28 heavy (non-hydrogen) atoms. The highest BCUT2D eigenvalue weighted by atomic mass is 32.2. The van der Waals surface area contributed by atoms with Gasteiger partial charge in [0.05, 0.1) is 18.1 Å². The van der Waals surface area contributed by atoms with Crippen molar-refractivity contribution in [1.29, 1.82) is 0 Å². The highest BCUT2D eigenvalue weighted by molar-refractivity contribution is 7.92. The van der Waals surface area contributed by atoms with Gasteiger partial charge >= 0.3 is 0 Å². The summed E-state index contributed by atoms with van der Waals surface area (Å²) in [6.07, 6.45) is 0. The predicted molar refractivity (Wildman–Crippen MR) is 101 cm³/mol. The number of hydrogen-bond acceptors (Lipinski definition) is 4. The minimum absolute atomic E-state index is 0.0458. The van der Waals surface area contributed by atoms with Gasteiger partial charge in [0.2, 0.25) is 0 Å². The normalized spacial score (nSPS) is 11.4. The summed E-state index contributed by atoms with van der Waals surface area (Å²) in [7, 11) is -3.92. The molecule has 0 aliphatic heterocycles. The van der Waals surface area contributed by atoms with Crippen molar-refractivity contribution >= 4 is 15.7 Å². The van der Waals surface area contributed by atoms with Crippen molar-refractivity contribution in [3.8, 4) is 11.1 Å². The number of hydrogen-bond donors (Lipinski definition) is 3. The first-order valence-electron chi connectivity index (χ1n) is 8.26. The van der Waals surface area contributed by atoms with E-state index in [4.69, 9.17) is 0 Å². The molecule has 0 bridgehead atoms. The molecule has 0 fully saturated rings. The van der Waals surface area contributed by atoms with Crippen LogP contribution in [0.15, 0.2) is 65.6 Å². The molecule has 3 aromatic carbocycles. The lowest BCUT2D eigenvalue weighted by Crippen LogP contribution is -2.13. The first-order chi connectivity index (χ1) is 13.3. The van der Waals surface area contributed by atoms with E-state index in [0.29, 0.717) is 16.7 Å². The second-order valence-corrected chi connectivity index (χ2v) is 7.74. The van der Waals surface area contributed by atoms with E-state index in [0.717, 1.165) is 12.1 Å². The maximum absolute atomic E-state index is 13.9. The van der Waals surface area contributed by atoms with Crippen molar-refractivity contribution in [3.05, 3.63) is 83.4 Å². The number of anilines is 1. The van der Waals surface area contributed by atoms with E-state index in [1.54, 1.807) is 0 Å². The monoisotopic (exact) mass is 405 g/mol. The van der Waals surface area contributed by atoms with Crippen LogP contribution >= 0.6 is 0 Å². The Kier molecular flexibility index (Phi) is 5.73. The summed E-state index contributed by atoms with van der Waals surface area (Å²) in [5, 5.41) is 18.5. The molecule has 0 aliphatic rings. The van der Waals surface area contributed by atoms with E-state index < -0.39 is 21.7 Å². The van der Waals surface area contributed by atoms with Crippen LogP contribution in [0, 0.1) is 11.6 Å². The third kappa shape index (κ3) is 4.19. The van der Waals surface area contributed by atoms with Gasteiger partial charge in [0.25, 0.3) is 10.0 Å². The minimum Gasteiger partial charge on any atom is -0.392 e. The van der Waals surface area contributed by atoms with Crippen LogP contribution in [0.4, 0.5) is 14.5 Å². The van der Waals surface area contributed by atoms with Gasteiger partial charge in [-0.3, -0.25) is 4.72 Å². The van der Waals surface area contributed by atoms with E-state index in [-0.39, 0.29) is 29.4 Å². The molecular formula is C20H17F2NO4S. The van der Waals surface area contributed by atoms with Crippen LogP contribution in [0.1, 0.15) is 11.1 Å². The van der Waals surface area contributed by atoms with Crippen LogP contribution in [-0.4, -0.2) is 18.6 Å². The van der Waals surface area contributed by atoms with E-state index in [1.807, 2.05) is 0 Å². The number of sulfonamides is 1. The Labute approximate surface area is 161 Å². The van der Waals surface area contributed by atoms with Crippen molar-refractivity contribution in [1.82, 2.24) is 0 Å². The Hall–Kier alpha value is -2.81. The van der Waals surface area contributed by atoms with Gasteiger partial charge in [-0.15, -0.1) is 0 Å². The zero-order valence-corrected chi connectivity index (χ0v) is 15.4. The van der Waals surface area contributed by atoms with Crippen LogP contribution in [0.2, 0.25) is 0 Å². The Morgan fingerprint density at radius 3 is 2.11 bits per heavy atom. The summed E-state index contributed by atoms with van der Waals surface area (Å²) in [5.41, 5.74) is 1.70. The van der Waals surface area contributed by atoms with Crippen LogP contribution in [0.25, 0.3) is 11.1 Å². The van der Waals surface area contributed by atoms with Crippen LogP contribution in [0.3, 0.4) is 0 Å². The minimum atomic E-state index is -3.92.